The molecule has 0 aliphatic heterocycles. The molecule has 0 amide bonds. The van der Waals surface area contributed by atoms with Crippen LogP contribution in [0.4, 0.5) is 0 Å². The van der Waals surface area contributed by atoms with Crippen LogP contribution in [0.15, 0.2) is 76.7 Å². The van der Waals surface area contributed by atoms with Crippen molar-refractivity contribution in [3.05, 3.63) is 77.3 Å². The van der Waals surface area contributed by atoms with Gasteiger partial charge < -0.3 is 5.32 Å². The lowest BCUT2D eigenvalue weighted by Gasteiger charge is -2.04. The maximum atomic E-state index is 12.3. The molecule has 0 aromatic heterocycles. The highest BCUT2D eigenvalue weighted by atomic mass is 32.2. The van der Waals surface area contributed by atoms with Crippen molar-refractivity contribution in [3.8, 4) is 6.07 Å². The molecule has 0 atom stereocenters. The number of nitrogens with zero attached hydrogens (tertiary/aromatic N) is 1. The summed E-state index contributed by atoms with van der Waals surface area (Å²) in [7, 11) is -3.77. The monoisotopic (exact) mass is 298 g/mol. The van der Waals surface area contributed by atoms with Gasteiger partial charge in [0.25, 0.3) is 0 Å². The summed E-state index contributed by atoms with van der Waals surface area (Å²) < 4.78 is 24.5. The first kappa shape index (κ1) is 14.8. The second-order valence-electron chi connectivity index (χ2n) is 4.30. The van der Waals surface area contributed by atoms with Gasteiger partial charge in [-0.2, -0.15) is 5.26 Å². The van der Waals surface area contributed by atoms with E-state index in [9.17, 15) is 8.42 Å². The van der Waals surface area contributed by atoms with Gasteiger partial charge in [-0.3, -0.25) is 0 Å². The molecule has 5 heteroatoms. The topological polar surface area (TPSA) is 70.0 Å². The van der Waals surface area contributed by atoms with Gasteiger partial charge in [-0.25, -0.2) is 8.42 Å². The Kier molecular flexibility index (Phi) is 4.75. The zero-order chi connectivity index (χ0) is 15.1. The molecular formula is C16H14N2O2S. The second-order valence-corrected chi connectivity index (χ2v) is 6.22. The van der Waals surface area contributed by atoms with E-state index in [0.717, 1.165) is 5.56 Å². The first-order valence-electron chi connectivity index (χ1n) is 6.32. The quantitative estimate of drug-likeness (QED) is 0.861. The minimum atomic E-state index is -3.77. The lowest BCUT2D eigenvalue weighted by molar-refractivity contribution is 0.602. The van der Waals surface area contributed by atoms with Crippen LogP contribution in [0.2, 0.25) is 0 Å². The minimum Gasteiger partial charge on any atom is -0.385 e. The number of nitrogens with one attached hydrogen (secondary N) is 1. The molecule has 2 aromatic rings. The molecule has 0 heterocycles. The normalized spacial score (nSPS) is 11.7. The Hall–Kier alpha value is -2.58. The van der Waals surface area contributed by atoms with Crippen molar-refractivity contribution < 1.29 is 8.42 Å². The Labute approximate surface area is 124 Å². The van der Waals surface area contributed by atoms with E-state index in [2.05, 4.69) is 5.32 Å². The highest BCUT2D eigenvalue weighted by Crippen LogP contribution is 2.17. The number of sulfone groups is 1. The summed E-state index contributed by atoms with van der Waals surface area (Å²) in [5.41, 5.74) is 1.00. The SMILES string of the molecule is N#CC(=CNCc1ccccc1)S(=O)(=O)c1ccccc1. The summed E-state index contributed by atoms with van der Waals surface area (Å²) in [5.74, 6) is 0. The molecule has 2 rings (SSSR count). The number of hydrogen-bond donors (Lipinski definition) is 1. The number of rotatable bonds is 5. The van der Waals surface area contributed by atoms with Crippen molar-refractivity contribution in [2.24, 2.45) is 0 Å². The maximum Gasteiger partial charge on any atom is 0.218 e. The largest absolute Gasteiger partial charge is 0.385 e. The van der Waals surface area contributed by atoms with Crippen LogP contribution < -0.4 is 5.32 Å². The molecule has 4 nitrogen and oxygen atoms in total. The van der Waals surface area contributed by atoms with Gasteiger partial charge >= 0.3 is 0 Å². The lowest BCUT2D eigenvalue weighted by atomic mass is 10.2. The van der Waals surface area contributed by atoms with Crippen LogP contribution in [-0.4, -0.2) is 8.42 Å². The van der Waals surface area contributed by atoms with Gasteiger partial charge in [-0.1, -0.05) is 48.5 Å². The van der Waals surface area contributed by atoms with Crippen molar-refractivity contribution in [1.29, 1.82) is 5.26 Å². The van der Waals surface area contributed by atoms with Crippen molar-refractivity contribution in [1.82, 2.24) is 5.32 Å². The molecule has 0 saturated carbocycles. The van der Waals surface area contributed by atoms with Gasteiger partial charge in [-0.15, -0.1) is 0 Å². The third kappa shape index (κ3) is 3.71. The van der Waals surface area contributed by atoms with E-state index in [1.807, 2.05) is 30.3 Å². The zero-order valence-corrected chi connectivity index (χ0v) is 12.0. The standard InChI is InChI=1S/C16H14N2O2S/c17-11-16(13-18-12-14-7-3-1-4-8-14)21(19,20)15-9-5-2-6-10-15/h1-10,13,18H,12H2. The number of hydrogen-bond acceptors (Lipinski definition) is 4. The molecule has 21 heavy (non-hydrogen) atoms. The molecule has 106 valence electrons. The summed E-state index contributed by atoms with van der Waals surface area (Å²) in [4.78, 5) is -0.191. The molecule has 0 fully saturated rings. The molecule has 0 spiro atoms. The fourth-order valence-corrected chi connectivity index (χ4v) is 2.88. The number of allylic oxidation sites excluding steroid dienone is 1. The summed E-state index contributed by atoms with van der Waals surface area (Å²) in [5, 5.41) is 11.9. The van der Waals surface area contributed by atoms with Gasteiger partial charge in [0.05, 0.1) is 4.90 Å². The predicted octanol–water partition coefficient (Wildman–Crippen LogP) is 2.62. The van der Waals surface area contributed by atoms with Crippen LogP contribution in [-0.2, 0) is 16.4 Å². The average Bonchev–Trinajstić information content (AvgIpc) is 2.53. The molecule has 0 saturated heterocycles. The average molecular weight is 298 g/mol. The Morgan fingerprint density at radius 2 is 1.62 bits per heavy atom. The van der Waals surface area contributed by atoms with Crippen LogP contribution in [0.1, 0.15) is 5.56 Å². The second kappa shape index (κ2) is 6.73. The molecule has 0 aliphatic carbocycles. The van der Waals surface area contributed by atoms with Crippen LogP contribution in [0.3, 0.4) is 0 Å². The summed E-state index contributed by atoms with van der Waals surface area (Å²) in [6.45, 7) is 0.455. The third-order valence-corrected chi connectivity index (χ3v) is 4.52. The fraction of sp³-hybridized carbons (Fsp3) is 0.0625. The molecule has 0 bridgehead atoms. The smallest absolute Gasteiger partial charge is 0.218 e. The molecule has 0 unspecified atom stereocenters. The van der Waals surface area contributed by atoms with Crippen molar-refractivity contribution in [2.45, 2.75) is 11.4 Å². The third-order valence-electron chi connectivity index (χ3n) is 2.84. The minimum absolute atomic E-state index is 0.110. The van der Waals surface area contributed by atoms with E-state index in [0.29, 0.717) is 6.54 Å². The Morgan fingerprint density at radius 1 is 1.05 bits per heavy atom. The van der Waals surface area contributed by atoms with Crippen molar-refractivity contribution in [3.63, 3.8) is 0 Å². The first-order valence-corrected chi connectivity index (χ1v) is 7.80. The molecule has 2 aromatic carbocycles. The predicted molar refractivity (Wildman–Crippen MR) is 80.6 cm³/mol. The van der Waals surface area contributed by atoms with Gasteiger partial charge in [0.1, 0.15) is 6.07 Å². The van der Waals surface area contributed by atoms with Gasteiger partial charge in [0.15, 0.2) is 4.91 Å². The maximum absolute atomic E-state index is 12.3. The molecule has 0 radical (unpaired) electrons. The number of nitriles is 1. The summed E-state index contributed by atoms with van der Waals surface area (Å²) in [6.07, 6.45) is 1.25. The van der Waals surface area contributed by atoms with E-state index in [-0.39, 0.29) is 9.80 Å². The Morgan fingerprint density at radius 3 is 2.19 bits per heavy atom. The summed E-state index contributed by atoms with van der Waals surface area (Å²) in [6, 6.07) is 19.2. The lowest BCUT2D eigenvalue weighted by Crippen LogP contribution is -2.10. The van der Waals surface area contributed by atoms with Gasteiger partial charge in [0.2, 0.25) is 9.84 Å². The molecule has 0 aliphatic rings. The van der Waals surface area contributed by atoms with E-state index in [4.69, 9.17) is 5.26 Å². The van der Waals surface area contributed by atoms with Gasteiger partial charge in [-0.05, 0) is 17.7 Å². The summed E-state index contributed by atoms with van der Waals surface area (Å²) >= 11 is 0. The van der Waals surface area contributed by atoms with E-state index in [1.165, 1.54) is 18.3 Å². The molecule has 1 N–H and O–H groups in total. The van der Waals surface area contributed by atoms with Crippen molar-refractivity contribution >= 4 is 9.84 Å². The molecular weight excluding hydrogens is 284 g/mol. The van der Waals surface area contributed by atoms with Crippen LogP contribution in [0, 0.1) is 11.3 Å². The van der Waals surface area contributed by atoms with E-state index in [1.54, 1.807) is 24.3 Å². The van der Waals surface area contributed by atoms with E-state index >= 15 is 0 Å². The number of benzene rings is 2. The zero-order valence-electron chi connectivity index (χ0n) is 11.2. The van der Waals surface area contributed by atoms with Crippen LogP contribution in [0.25, 0.3) is 0 Å². The Balaban J connectivity index is 2.16. The first-order chi connectivity index (χ1) is 10.1. The van der Waals surface area contributed by atoms with Crippen LogP contribution >= 0.6 is 0 Å². The van der Waals surface area contributed by atoms with E-state index < -0.39 is 9.84 Å². The van der Waals surface area contributed by atoms with Gasteiger partial charge in [0, 0.05) is 12.7 Å². The van der Waals surface area contributed by atoms with Crippen molar-refractivity contribution in [2.75, 3.05) is 0 Å². The van der Waals surface area contributed by atoms with Crippen LogP contribution in [0.5, 0.6) is 0 Å². The fourth-order valence-electron chi connectivity index (χ4n) is 1.75. The Bertz CT molecular complexity index is 761. The highest BCUT2D eigenvalue weighted by Gasteiger charge is 2.20. The highest BCUT2D eigenvalue weighted by molar-refractivity contribution is 7.95.